The lowest BCUT2D eigenvalue weighted by atomic mass is 9.88. The van der Waals surface area contributed by atoms with Crippen LogP contribution in [0, 0.1) is 11.7 Å². The Morgan fingerprint density at radius 3 is 2.40 bits per heavy atom. The first-order valence-corrected chi connectivity index (χ1v) is 9.96. The average Bonchev–Trinajstić information content (AvgIpc) is 2.73. The van der Waals surface area contributed by atoms with Gasteiger partial charge in [-0.05, 0) is 56.2 Å². The number of hydrogen-bond donors (Lipinski definition) is 1. The van der Waals surface area contributed by atoms with Crippen molar-refractivity contribution in [3.8, 4) is 5.75 Å². The molecule has 1 N–H and O–H groups in total. The van der Waals surface area contributed by atoms with Gasteiger partial charge in [0.2, 0.25) is 5.91 Å². The number of Topliss-reactive ketones (excluding diaryl/α,β-unsaturated/α-hetero) is 1. The zero-order valence-corrected chi connectivity index (χ0v) is 17.1. The molecule has 2 amide bonds. The zero-order chi connectivity index (χ0) is 21.7. The molecule has 3 rings (SSSR count). The number of rotatable bonds is 6. The van der Waals surface area contributed by atoms with Crippen LogP contribution in [0.3, 0.4) is 0 Å². The van der Waals surface area contributed by atoms with Gasteiger partial charge in [-0.2, -0.15) is 0 Å². The van der Waals surface area contributed by atoms with E-state index in [4.69, 9.17) is 4.74 Å². The molecule has 1 unspecified atom stereocenters. The van der Waals surface area contributed by atoms with E-state index in [-0.39, 0.29) is 29.3 Å². The maximum absolute atomic E-state index is 13.1. The highest BCUT2D eigenvalue weighted by molar-refractivity contribution is 5.98. The van der Waals surface area contributed by atoms with E-state index in [0.29, 0.717) is 42.9 Å². The van der Waals surface area contributed by atoms with Gasteiger partial charge in [-0.15, -0.1) is 0 Å². The first-order chi connectivity index (χ1) is 14.3. The first kappa shape index (κ1) is 21.5. The van der Waals surface area contributed by atoms with E-state index in [2.05, 4.69) is 5.32 Å². The number of anilines is 1. The number of nitrogens with zero attached hydrogens (tertiary/aromatic N) is 1. The van der Waals surface area contributed by atoms with Crippen LogP contribution in [0.2, 0.25) is 0 Å². The zero-order valence-electron chi connectivity index (χ0n) is 17.1. The minimum atomic E-state index is -0.693. The summed E-state index contributed by atoms with van der Waals surface area (Å²) in [6.07, 6.45) is 0.432. The van der Waals surface area contributed by atoms with Crippen molar-refractivity contribution in [2.45, 2.75) is 32.8 Å². The predicted octanol–water partition coefficient (Wildman–Crippen LogP) is 3.67. The Morgan fingerprint density at radius 1 is 1.10 bits per heavy atom. The third-order valence-corrected chi connectivity index (χ3v) is 5.12. The molecule has 1 aliphatic rings. The van der Waals surface area contributed by atoms with Crippen LogP contribution in [-0.2, 0) is 9.59 Å². The molecule has 2 aromatic rings. The Kier molecular flexibility index (Phi) is 6.82. The molecule has 30 heavy (non-hydrogen) atoms. The van der Waals surface area contributed by atoms with Crippen LogP contribution in [0.25, 0.3) is 0 Å². The number of nitrogens with one attached hydrogen (secondary N) is 1. The Morgan fingerprint density at radius 2 is 1.77 bits per heavy atom. The highest BCUT2D eigenvalue weighted by Crippen LogP contribution is 2.24. The third-order valence-electron chi connectivity index (χ3n) is 5.12. The SMILES string of the molecule is CC(=O)Nc1cccc(OC(C)C(=O)N2CCC(C(=O)c3ccc(F)cc3)CC2)c1. The number of ketones is 1. The van der Waals surface area contributed by atoms with Crippen LogP contribution in [-0.4, -0.2) is 41.7 Å². The highest BCUT2D eigenvalue weighted by atomic mass is 19.1. The molecule has 0 saturated carbocycles. The normalized spacial score (nSPS) is 15.4. The van der Waals surface area contributed by atoms with E-state index in [1.807, 2.05) is 0 Å². The minimum Gasteiger partial charge on any atom is -0.481 e. The second-order valence-corrected chi connectivity index (χ2v) is 7.44. The number of benzene rings is 2. The van der Waals surface area contributed by atoms with Gasteiger partial charge in [-0.3, -0.25) is 14.4 Å². The fourth-order valence-electron chi connectivity index (χ4n) is 3.57. The second kappa shape index (κ2) is 9.52. The van der Waals surface area contributed by atoms with Crippen LogP contribution in [0.5, 0.6) is 5.75 Å². The van der Waals surface area contributed by atoms with Gasteiger partial charge in [0.15, 0.2) is 11.9 Å². The summed E-state index contributed by atoms with van der Waals surface area (Å²) in [6.45, 7) is 4.04. The number of likely N-dealkylation sites (tertiary alicyclic amines) is 1. The van der Waals surface area contributed by atoms with Crippen molar-refractivity contribution in [3.63, 3.8) is 0 Å². The average molecular weight is 412 g/mol. The van der Waals surface area contributed by atoms with Crippen molar-refractivity contribution in [1.29, 1.82) is 0 Å². The fourth-order valence-corrected chi connectivity index (χ4v) is 3.57. The van der Waals surface area contributed by atoms with Crippen LogP contribution in [0.1, 0.15) is 37.0 Å². The Balaban J connectivity index is 1.54. The van der Waals surface area contributed by atoms with E-state index in [1.54, 1.807) is 36.1 Å². The van der Waals surface area contributed by atoms with Crippen LogP contribution in [0.15, 0.2) is 48.5 Å². The monoisotopic (exact) mass is 412 g/mol. The minimum absolute atomic E-state index is 0.0128. The topological polar surface area (TPSA) is 75.7 Å². The molecule has 7 heteroatoms. The maximum Gasteiger partial charge on any atom is 0.263 e. The summed E-state index contributed by atoms with van der Waals surface area (Å²) in [5, 5.41) is 2.68. The van der Waals surface area contributed by atoms with Crippen molar-refractivity contribution < 1.29 is 23.5 Å². The molecule has 6 nitrogen and oxygen atoms in total. The number of hydrogen-bond acceptors (Lipinski definition) is 4. The Hall–Kier alpha value is -3.22. The number of amides is 2. The standard InChI is InChI=1S/C23H25FN2O4/c1-15(30-21-5-3-4-20(14-21)25-16(2)27)23(29)26-12-10-18(11-13-26)22(28)17-6-8-19(24)9-7-17/h3-9,14-15,18H,10-13H2,1-2H3,(H,25,27). The van der Waals surface area contributed by atoms with Crippen molar-refractivity contribution in [2.24, 2.45) is 5.92 Å². The van der Waals surface area contributed by atoms with E-state index < -0.39 is 6.10 Å². The summed E-state index contributed by atoms with van der Waals surface area (Å²) in [4.78, 5) is 38.2. The molecule has 0 aliphatic carbocycles. The molecular weight excluding hydrogens is 387 g/mol. The largest absolute Gasteiger partial charge is 0.481 e. The van der Waals surface area contributed by atoms with Crippen molar-refractivity contribution in [3.05, 3.63) is 59.9 Å². The molecule has 158 valence electrons. The molecule has 1 saturated heterocycles. The van der Waals surface area contributed by atoms with E-state index in [0.717, 1.165) is 0 Å². The molecule has 2 aromatic carbocycles. The van der Waals surface area contributed by atoms with E-state index in [9.17, 15) is 18.8 Å². The first-order valence-electron chi connectivity index (χ1n) is 9.96. The molecular formula is C23H25FN2O4. The lowest BCUT2D eigenvalue weighted by Crippen LogP contribution is -2.45. The number of halogens is 1. The van der Waals surface area contributed by atoms with Gasteiger partial charge in [-0.25, -0.2) is 4.39 Å². The molecule has 0 radical (unpaired) electrons. The van der Waals surface area contributed by atoms with Gasteiger partial charge >= 0.3 is 0 Å². The lowest BCUT2D eigenvalue weighted by Gasteiger charge is -2.33. The number of ether oxygens (including phenoxy) is 1. The van der Waals surface area contributed by atoms with Crippen molar-refractivity contribution >= 4 is 23.3 Å². The van der Waals surface area contributed by atoms with Crippen LogP contribution < -0.4 is 10.1 Å². The Bertz CT molecular complexity index is 921. The Labute approximate surface area is 175 Å². The number of carbonyl (C=O) groups excluding carboxylic acids is 3. The molecule has 1 heterocycles. The van der Waals surface area contributed by atoms with E-state index in [1.165, 1.54) is 31.2 Å². The third kappa shape index (κ3) is 5.43. The predicted molar refractivity (Wildman–Crippen MR) is 111 cm³/mol. The van der Waals surface area contributed by atoms with Gasteiger partial charge < -0.3 is 15.0 Å². The van der Waals surface area contributed by atoms with Crippen LogP contribution in [0.4, 0.5) is 10.1 Å². The van der Waals surface area contributed by atoms with Crippen molar-refractivity contribution in [2.75, 3.05) is 18.4 Å². The molecule has 1 fully saturated rings. The summed E-state index contributed by atoms with van der Waals surface area (Å²) in [7, 11) is 0. The second-order valence-electron chi connectivity index (χ2n) is 7.44. The number of piperidine rings is 1. The van der Waals surface area contributed by atoms with Gasteiger partial charge in [0.05, 0.1) is 0 Å². The molecule has 0 spiro atoms. The van der Waals surface area contributed by atoms with Crippen LogP contribution >= 0.6 is 0 Å². The van der Waals surface area contributed by atoms with Gasteiger partial charge in [0.1, 0.15) is 11.6 Å². The van der Waals surface area contributed by atoms with Gasteiger partial charge in [0, 0.05) is 43.2 Å². The molecule has 0 bridgehead atoms. The summed E-state index contributed by atoms with van der Waals surface area (Å²) >= 11 is 0. The van der Waals surface area contributed by atoms with Crippen molar-refractivity contribution in [1.82, 2.24) is 4.90 Å². The smallest absolute Gasteiger partial charge is 0.263 e. The molecule has 1 atom stereocenters. The molecule has 1 aliphatic heterocycles. The summed E-state index contributed by atoms with van der Waals surface area (Å²) in [6, 6.07) is 12.4. The van der Waals surface area contributed by atoms with E-state index >= 15 is 0 Å². The summed E-state index contributed by atoms with van der Waals surface area (Å²) in [5.74, 6) is -0.403. The number of carbonyl (C=O) groups is 3. The quantitative estimate of drug-likeness (QED) is 0.735. The summed E-state index contributed by atoms with van der Waals surface area (Å²) in [5.41, 5.74) is 1.09. The molecule has 0 aromatic heterocycles. The lowest BCUT2D eigenvalue weighted by molar-refractivity contribution is -0.139. The maximum atomic E-state index is 13.1. The fraction of sp³-hybridized carbons (Fsp3) is 0.348. The van der Waals surface area contributed by atoms with Gasteiger partial charge in [-0.1, -0.05) is 6.07 Å². The summed E-state index contributed by atoms with van der Waals surface area (Å²) < 4.78 is 18.8. The van der Waals surface area contributed by atoms with Gasteiger partial charge in [0.25, 0.3) is 5.91 Å². The highest BCUT2D eigenvalue weighted by Gasteiger charge is 2.30.